The maximum Gasteiger partial charge on any atom is 0.180 e. The molecule has 0 bridgehead atoms. The number of hydrogen-bond donors (Lipinski definition) is 1. The zero-order chi connectivity index (χ0) is 16.4. The van der Waals surface area contributed by atoms with E-state index in [1.807, 2.05) is 49.2 Å². The summed E-state index contributed by atoms with van der Waals surface area (Å²) in [6.45, 7) is 4.06. The topological polar surface area (TPSA) is 27.6 Å². The fourth-order valence-electron chi connectivity index (χ4n) is 2.28. The van der Waals surface area contributed by atoms with Crippen LogP contribution in [0.2, 0.25) is 10.0 Å². The Hall–Kier alpha value is -1.20. The van der Waals surface area contributed by atoms with Gasteiger partial charge in [0.1, 0.15) is 5.66 Å². The second-order valence-electron chi connectivity index (χ2n) is 5.77. The van der Waals surface area contributed by atoms with Crippen molar-refractivity contribution in [3.8, 4) is 0 Å². The highest BCUT2D eigenvalue weighted by molar-refractivity contribution is 8.13. The molecule has 2 aromatic rings. The van der Waals surface area contributed by atoms with Crippen molar-refractivity contribution >= 4 is 45.8 Å². The summed E-state index contributed by atoms with van der Waals surface area (Å²) >= 11 is 14.0. The van der Waals surface area contributed by atoms with Crippen molar-refractivity contribution in [2.24, 2.45) is 4.99 Å². The Morgan fingerprint density at radius 1 is 1.13 bits per heavy atom. The molecule has 3 rings (SSSR count). The smallest absolute Gasteiger partial charge is 0.180 e. The Labute approximate surface area is 150 Å². The SMILES string of the molecule is CC1(C)N=C(SCc2ccccc2)N(c2ccc(Cl)cc2Cl)N1. The van der Waals surface area contributed by atoms with Crippen LogP contribution in [0.5, 0.6) is 0 Å². The molecule has 120 valence electrons. The summed E-state index contributed by atoms with van der Waals surface area (Å²) in [6.07, 6.45) is 0. The molecule has 1 aliphatic rings. The lowest BCUT2D eigenvalue weighted by atomic mass is 10.2. The van der Waals surface area contributed by atoms with Crippen molar-refractivity contribution in [2.75, 3.05) is 5.01 Å². The zero-order valence-electron chi connectivity index (χ0n) is 12.9. The molecule has 1 heterocycles. The van der Waals surface area contributed by atoms with Gasteiger partial charge in [0.2, 0.25) is 0 Å². The first kappa shape index (κ1) is 16.7. The lowest BCUT2D eigenvalue weighted by Crippen LogP contribution is -2.44. The van der Waals surface area contributed by atoms with E-state index in [1.54, 1.807) is 17.8 Å². The van der Waals surface area contributed by atoms with Gasteiger partial charge in [0.05, 0.1) is 10.7 Å². The van der Waals surface area contributed by atoms with Crippen molar-refractivity contribution in [1.29, 1.82) is 0 Å². The van der Waals surface area contributed by atoms with Crippen LogP contribution in [0, 0.1) is 0 Å². The van der Waals surface area contributed by atoms with Gasteiger partial charge in [-0.15, -0.1) is 0 Å². The summed E-state index contributed by atoms with van der Waals surface area (Å²) in [5.41, 5.74) is 5.11. The lowest BCUT2D eigenvalue weighted by molar-refractivity contribution is 0.448. The van der Waals surface area contributed by atoms with Crippen molar-refractivity contribution in [3.63, 3.8) is 0 Å². The van der Waals surface area contributed by atoms with Crippen LogP contribution in [-0.4, -0.2) is 10.8 Å². The molecule has 0 unspecified atom stereocenters. The molecule has 0 saturated heterocycles. The van der Waals surface area contributed by atoms with Crippen LogP contribution in [-0.2, 0) is 5.75 Å². The molecule has 1 aliphatic heterocycles. The summed E-state index contributed by atoms with van der Waals surface area (Å²) in [6, 6.07) is 15.8. The van der Waals surface area contributed by atoms with Gasteiger partial charge in [-0.25, -0.2) is 10.4 Å². The summed E-state index contributed by atoms with van der Waals surface area (Å²) in [5.74, 6) is 0.846. The highest BCUT2D eigenvalue weighted by Gasteiger charge is 2.32. The molecule has 0 fully saturated rings. The van der Waals surface area contributed by atoms with E-state index < -0.39 is 0 Å². The number of nitrogens with one attached hydrogen (secondary N) is 1. The maximum atomic E-state index is 6.35. The molecule has 3 nitrogen and oxygen atoms in total. The Kier molecular flexibility index (Phi) is 4.87. The number of benzene rings is 2. The molecule has 0 aliphatic carbocycles. The van der Waals surface area contributed by atoms with Gasteiger partial charge in [-0.3, -0.25) is 5.01 Å². The van der Waals surface area contributed by atoms with Gasteiger partial charge in [-0.1, -0.05) is 65.3 Å². The Morgan fingerprint density at radius 2 is 1.87 bits per heavy atom. The van der Waals surface area contributed by atoms with Crippen LogP contribution >= 0.6 is 35.0 Å². The number of nitrogens with zero attached hydrogens (tertiary/aromatic N) is 2. The minimum atomic E-state index is -0.373. The molecule has 0 spiro atoms. The molecular weight excluding hydrogens is 349 g/mol. The number of aliphatic imine (C=N–C) groups is 1. The van der Waals surface area contributed by atoms with Gasteiger partial charge in [0, 0.05) is 10.8 Å². The third-order valence-electron chi connectivity index (χ3n) is 3.31. The van der Waals surface area contributed by atoms with Crippen molar-refractivity contribution < 1.29 is 0 Å². The quantitative estimate of drug-likeness (QED) is 0.794. The molecule has 1 N–H and O–H groups in total. The van der Waals surface area contributed by atoms with E-state index in [0.717, 1.165) is 16.6 Å². The van der Waals surface area contributed by atoms with E-state index in [-0.39, 0.29) is 5.66 Å². The third-order valence-corrected chi connectivity index (χ3v) is 4.86. The zero-order valence-corrected chi connectivity index (χ0v) is 15.2. The first-order chi connectivity index (χ1) is 10.9. The molecule has 0 amide bonds. The number of hydrogen-bond acceptors (Lipinski definition) is 4. The predicted octanol–water partition coefficient (Wildman–Crippen LogP) is 5.34. The first-order valence-electron chi connectivity index (χ1n) is 7.24. The van der Waals surface area contributed by atoms with Gasteiger partial charge in [-0.2, -0.15) is 0 Å². The highest BCUT2D eigenvalue weighted by Crippen LogP contribution is 2.34. The lowest BCUT2D eigenvalue weighted by Gasteiger charge is -2.24. The Bertz CT molecular complexity index is 732. The first-order valence-corrected chi connectivity index (χ1v) is 8.98. The fourth-order valence-corrected chi connectivity index (χ4v) is 3.83. The average molecular weight is 366 g/mol. The predicted molar refractivity (Wildman–Crippen MR) is 101 cm³/mol. The van der Waals surface area contributed by atoms with Gasteiger partial charge in [0.15, 0.2) is 5.17 Å². The second-order valence-corrected chi connectivity index (χ2v) is 7.56. The minimum Gasteiger partial charge on any atom is -0.251 e. The van der Waals surface area contributed by atoms with E-state index in [9.17, 15) is 0 Å². The number of hydrazine groups is 1. The van der Waals surface area contributed by atoms with Gasteiger partial charge >= 0.3 is 0 Å². The van der Waals surface area contributed by atoms with Crippen molar-refractivity contribution in [3.05, 3.63) is 64.1 Å². The van der Waals surface area contributed by atoms with E-state index in [2.05, 4.69) is 17.6 Å². The van der Waals surface area contributed by atoms with Crippen LogP contribution in [0.15, 0.2) is 53.5 Å². The van der Waals surface area contributed by atoms with E-state index in [0.29, 0.717) is 10.0 Å². The number of rotatable bonds is 3. The number of anilines is 1. The molecule has 6 heteroatoms. The van der Waals surface area contributed by atoms with Crippen LogP contribution < -0.4 is 10.4 Å². The van der Waals surface area contributed by atoms with Crippen LogP contribution in [0.4, 0.5) is 5.69 Å². The molecule has 23 heavy (non-hydrogen) atoms. The molecule has 0 aromatic heterocycles. The fraction of sp³-hybridized carbons (Fsp3) is 0.235. The monoisotopic (exact) mass is 365 g/mol. The molecule has 0 atom stereocenters. The molecular formula is C17H17Cl2N3S. The van der Waals surface area contributed by atoms with Crippen LogP contribution in [0.1, 0.15) is 19.4 Å². The molecule has 0 saturated carbocycles. The van der Waals surface area contributed by atoms with Gasteiger partial charge in [0.25, 0.3) is 0 Å². The summed E-state index contributed by atoms with van der Waals surface area (Å²) in [5, 5.41) is 4.04. The van der Waals surface area contributed by atoms with Crippen LogP contribution in [0.3, 0.4) is 0 Å². The number of thioether (sulfide) groups is 1. The standard InChI is InChI=1S/C17H17Cl2N3S/c1-17(2)20-16(23-11-12-6-4-3-5-7-12)22(21-17)15-9-8-13(18)10-14(15)19/h3-10,21H,11H2,1-2H3. The maximum absolute atomic E-state index is 6.35. The number of halogens is 2. The van der Waals surface area contributed by atoms with E-state index in [1.165, 1.54) is 5.56 Å². The highest BCUT2D eigenvalue weighted by atomic mass is 35.5. The van der Waals surface area contributed by atoms with Gasteiger partial charge in [-0.05, 0) is 37.6 Å². The second kappa shape index (κ2) is 6.73. The van der Waals surface area contributed by atoms with Crippen molar-refractivity contribution in [1.82, 2.24) is 5.43 Å². The Balaban J connectivity index is 1.83. The van der Waals surface area contributed by atoms with E-state index in [4.69, 9.17) is 28.2 Å². The van der Waals surface area contributed by atoms with E-state index >= 15 is 0 Å². The van der Waals surface area contributed by atoms with Crippen molar-refractivity contribution in [2.45, 2.75) is 25.3 Å². The average Bonchev–Trinajstić information content (AvgIpc) is 2.81. The molecule has 0 radical (unpaired) electrons. The minimum absolute atomic E-state index is 0.373. The summed E-state index contributed by atoms with van der Waals surface area (Å²) < 4.78 is 0. The van der Waals surface area contributed by atoms with Crippen LogP contribution in [0.25, 0.3) is 0 Å². The number of amidine groups is 1. The molecule has 2 aromatic carbocycles. The summed E-state index contributed by atoms with van der Waals surface area (Å²) in [7, 11) is 0. The van der Waals surface area contributed by atoms with Gasteiger partial charge < -0.3 is 0 Å². The third kappa shape index (κ3) is 4.01. The summed E-state index contributed by atoms with van der Waals surface area (Å²) in [4.78, 5) is 4.76. The normalized spacial score (nSPS) is 16.5. The Morgan fingerprint density at radius 3 is 2.57 bits per heavy atom. The largest absolute Gasteiger partial charge is 0.251 e.